The van der Waals surface area contributed by atoms with Crippen molar-refractivity contribution in [2.45, 2.75) is 6.92 Å². The van der Waals surface area contributed by atoms with E-state index in [-0.39, 0.29) is 11.0 Å². The molecule has 1 aliphatic heterocycles. The van der Waals surface area contributed by atoms with Crippen LogP contribution in [0.2, 0.25) is 0 Å². The largest absolute Gasteiger partial charge is 0.452 e. The highest BCUT2D eigenvalue weighted by molar-refractivity contribution is 7.80. The molecule has 0 N–H and O–H groups in total. The van der Waals surface area contributed by atoms with Crippen molar-refractivity contribution in [3.8, 4) is 0 Å². The Morgan fingerprint density at radius 1 is 1.38 bits per heavy atom. The highest BCUT2D eigenvalue weighted by atomic mass is 32.1. The van der Waals surface area contributed by atoms with Crippen LogP contribution in [-0.4, -0.2) is 47.2 Å². The maximum absolute atomic E-state index is 11.3. The molecule has 0 aromatic rings. The molecule has 0 aromatic carbocycles. The van der Waals surface area contributed by atoms with Gasteiger partial charge in [-0.25, -0.2) is 4.79 Å². The number of esters is 1. The molecule has 1 amide bonds. The first-order valence-electron chi connectivity index (χ1n) is 4.51. The van der Waals surface area contributed by atoms with Gasteiger partial charge in [-0.2, -0.15) is 0 Å². The molecule has 0 radical (unpaired) electrons. The normalized spacial score (nSPS) is 15.0. The molecule has 0 atom stereocenters. The summed E-state index contributed by atoms with van der Waals surface area (Å²) >= 11 is 5.03. The lowest BCUT2D eigenvalue weighted by Crippen LogP contribution is -2.36. The highest BCUT2D eigenvalue weighted by Gasteiger charge is 2.32. The molecule has 0 bridgehead atoms. The predicted octanol–water partition coefficient (Wildman–Crippen LogP) is 0.690. The number of hydrogen-bond donors (Lipinski definition) is 0. The maximum atomic E-state index is 11.3. The Labute approximate surface area is 98.4 Å². The number of nitrogens with zero attached hydrogens (tertiary/aromatic N) is 2. The van der Waals surface area contributed by atoms with Gasteiger partial charge < -0.3 is 9.47 Å². The molecule has 1 saturated heterocycles. The van der Waals surface area contributed by atoms with Crippen LogP contribution < -0.4 is 0 Å². The van der Waals surface area contributed by atoms with E-state index in [4.69, 9.17) is 17.0 Å². The van der Waals surface area contributed by atoms with E-state index in [1.165, 1.54) is 23.8 Å². The molecule has 0 saturated carbocycles. The third kappa shape index (κ3) is 2.48. The summed E-state index contributed by atoms with van der Waals surface area (Å²) in [5.41, 5.74) is 0. The molecule has 0 aliphatic carbocycles. The zero-order valence-electron chi connectivity index (χ0n) is 9.06. The zero-order chi connectivity index (χ0) is 12.3. The van der Waals surface area contributed by atoms with E-state index < -0.39 is 12.1 Å². The second-order valence-corrected chi connectivity index (χ2v) is 3.41. The fraction of sp³-hybridized carbons (Fsp3) is 0.444. The van der Waals surface area contributed by atoms with Crippen molar-refractivity contribution in [3.63, 3.8) is 0 Å². The van der Waals surface area contributed by atoms with Gasteiger partial charge >= 0.3 is 12.1 Å². The van der Waals surface area contributed by atoms with Crippen LogP contribution in [0.1, 0.15) is 6.92 Å². The Morgan fingerprint density at radius 3 is 2.44 bits per heavy atom. The summed E-state index contributed by atoms with van der Waals surface area (Å²) in [6, 6.07) is 0. The first-order valence-corrected chi connectivity index (χ1v) is 4.92. The van der Waals surface area contributed by atoms with Crippen LogP contribution in [0, 0.1) is 0 Å². The van der Waals surface area contributed by atoms with Crippen molar-refractivity contribution in [1.29, 1.82) is 0 Å². The van der Waals surface area contributed by atoms with Gasteiger partial charge in [0.15, 0.2) is 11.0 Å². The lowest BCUT2D eigenvalue weighted by atomic mass is 10.6. The van der Waals surface area contributed by atoms with Gasteiger partial charge in [0.25, 0.3) is 0 Å². The Balaban J connectivity index is 2.67. The van der Waals surface area contributed by atoms with E-state index in [1.807, 2.05) is 0 Å². The van der Waals surface area contributed by atoms with Gasteiger partial charge in [-0.15, -0.1) is 0 Å². The SMILES string of the molecule is C=C(OC(C)=O)N1CCN(C(=O)OC)C1=S. The summed E-state index contributed by atoms with van der Waals surface area (Å²) in [5.74, 6) is -0.367. The number of thiocarbonyl (C=S) groups is 1. The Kier molecular flexibility index (Phi) is 3.83. The van der Waals surface area contributed by atoms with Gasteiger partial charge in [-0.1, -0.05) is 0 Å². The van der Waals surface area contributed by atoms with Crippen LogP contribution in [0.5, 0.6) is 0 Å². The molecule has 0 spiro atoms. The average molecular weight is 244 g/mol. The molecule has 1 rings (SSSR count). The average Bonchev–Trinajstić information content (AvgIpc) is 2.58. The van der Waals surface area contributed by atoms with Crippen molar-refractivity contribution in [2.75, 3.05) is 20.2 Å². The van der Waals surface area contributed by atoms with Crippen LogP contribution in [0.4, 0.5) is 4.79 Å². The summed E-state index contributed by atoms with van der Waals surface area (Å²) in [6.07, 6.45) is -0.539. The van der Waals surface area contributed by atoms with E-state index in [0.717, 1.165) is 0 Å². The smallest absolute Gasteiger partial charge is 0.415 e. The van der Waals surface area contributed by atoms with Crippen LogP contribution in [-0.2, 0) is 14.3 Å². The fourth-order valence-electron chi connectivity index (χ4n) is 1.27. The van der Waals surface area contributed by atoms with Gasteiger partial charge in [-0.3, -0.25) is 14.6 Å². The fourth-order valence-corrected chi connectivity index (χ4v) is 1.63. The maximum Gasteiger partial charge on any atom is 0.415 e. The number of carbonyl (C=O) groups is 2. The molecular formula is C9H12N2O4S. The van der Waals surface area contributed by atoms with Crippen LogP contribution in [0.15, 0.2) is 12.5 Å². The van der Waals surface area contributed by atoms with Crippen molar-refractivity contribution in [1.82, 2.24) is 9.80 Å². The Bertz CT molecular complexity index is 355. The molecule has 6 nitrogen and oxygen atoms in total. The van der Waals surface area contributed by atoms with E-state index >= 15 is 0 Å². The van der Waals surface area contributed by atoms with E-state index in [0.29, 0.717) is 13.1 Å². The standard InChI is InChI=1S/C9H12N2O4S/c1-6(15-7(2)12)10-4-5-11(8(10)16)9(13)14-3/h1,4-5H2,2-3H3. The lowest BCUT2D eigenvalue weighted by molar-refractivity contribution is -0.138. The van der Waals surface area contributed by atoms with Gasteiger partial charge in [0.1, 0.15) is 0 Å². The molecule has 1 aliphatic rings. The first kappa shape index (κ1) is 12.4. The second kappa shape index (κ2) is 4.93. The molecule has 1 fully saturated rings. The van der Waals surface area contributed by atoms with Crippen molar-refractivity contribution in [3.05, 3.63) is 12.5 Å². The summed E-state index contributed by atoms with van der Waals surface area (Å²) in [4.78, 5) is 24.7. The van der Waals surface area contributed by atoms with Crippen molar-refractivity contribution in [2.24, 2.45) is 0 Å². The van der Waals surface area contributed by atoms with Gasteiger partial charge in [0.05, 0.1) is 7.11 Å². The van der Waals surface area contributed by atoms with E-state index in [9.17, 15) is 9.59 Å². The van der Waals surface area contributed by atoms with Gasteiger partial charge in [0, 0.05) is 20.0 Å². The molecule has 16 heavy (non-hydrogen) atoms. The van der Waals surface area contributed by atoms with Crippen molar-refractivity contribution < 1.29 is 19.1 Å². The molecule has 88 valence electrons. The van der Waals surface area contributed by atoms with Crippen molar-refractivity contribution >= 4 is 29.4 Å². The summed E-state index contributed by atoms with van der Waals surface area (Å²) in [5, 5.41) is 0.220. The topological polar surface area (TPSA) is 59.1 Å². The minimum Gasteiger partial charge on any atom is -0.452 e. The minimum atomic E-state index is -0.539. The molecular weight excluding hydrogens is 232 g/mol. The molecule has 0 unspecified atom stereocenters. The zero-order valence-corrected chi connectivity index (χ0v) is 9.87. The van der Waals surface area contributed by atoms with E-state index in [1.54, 1.807) is 0 Å². The molecule has 0 aromatic heterocycles. The van der Waals surface area contributed by atoms with E-state index in [2.05, 4.69) is 11.3 Å². The monoisotopic (exact) mass is 244 g/mol. The number of rotatable bonds is 2. The molecule has 1 heterocycles. The highest BCUT2D eigenvalue weighted by Crippen LogP contribution is 2.16. The number of carbonyl (C=O) groups excluding carboxylic acids is 2. The Morgan fingerprint density at radius 2 is 1.94 bits per heavy atom. The second-order valence-electron chi connectivity index (χ2n) is 3.04. The third-order valence-corrected chi connectivity index (χ3v) is 2.41. The van der Waals surface area contributed by atoms with Crippen LogP contribution in [0.3, 0.4) is 0 Å². The summed E-state index contributed by atoms with van der Waals surface area (Å²) in [7, 11) is 1.27. The van der Waals surface area contributed by atoms with Crippen LogP contribution >= 0.6 is 12.2 Å². The van der Waals surface area contributed by atoms with Crippen LogP contribution in [0.25, 0.3) is 0 Å². The summed E-state index contributed by atoms with van der Waals surface area (Å²) in [6.45, 7) is 5.64. The number of ether oxygens (including phenoxy) is 2. The number of amides is 1. The van der Waals surface area contributed by atoms with Gasteiger partial charge in [0.2, 0.25) is 0 Å². The quantitative estimate of drug-likeness (QED) is 0.404. The number of hydrogen-bond acceptors (Lipinski definition) is 5. The molecule has 7 heteroatoms. The minimum absolute atomic E-state index is 0.115. The summed E-state index contributed by atoms with van der Waals surface area (Å²) < 4.78 is 9.34. The first-order chi connectivity index (χ1) is 7.47. The predicted molar refractivity (Wildman–Crippen MR) is 59.3 cm³/mol. The lowest BCUT2D eigenvalue weighted by Gasteiger charge is -2.20. The third-order valence-electron chi connectivity index (χ3n) is 1.97. The number of methoxy groups -OCH3 is 1. The Hall–Kier alpha value is -1.63. The van der Waals surface area contributed by atoms with Gasteiger partial charge in [-0.05, 0) is 18.8 Å².